The predicted molar refractivity (Wildman–Crippen MR) is 83.2 cm³/mol. The molecule has 1 aliphatic heterocycles. The monoisotopic (exact) mass is 343 g/mol. The van der Waals surface area contributed by atoms with Gasteiger partial charge in [0.05, 0.1) is 25.2 Å². The van der Waals surface area contributed by atoms with E-state index < -0.39 is 22.3 Å². The van der Waals surface area contributed by atoms with Gasteiger partial charge in [0.2, 0.25) is 0 Å². The average molecular weight is 343 g/mol. The minimum Gasteiger partial charge on any atom is -0.445 e. The van der Waals surface area contributed by atoms with Crippen LogP contribution in [0.15, 0.2) is 31.4 Å². The summed E-state index contributed by atoms with van der Waals surface area (Å²) < 4.78 is 34.6. The normalized spacial score (nSPS) is 21.3. The van der Waals surface area contributed by atoms with Crippen molar-refractivity contribution in [3.05, 3.63) is 31.4 Å². The Balaban J connectivity index is 2.00. The minimum absolute atomic E-state index is 0.112. The Morgan fingerprint density at radius 2 is 2.30 bits per heavy atom. The van der Waals surface area contributed by atoms with Crippen LogP contribution in [0.5, 0.6) is 0 Å². The van der Waals surface area contributed by atoms with E-state index in [1.54, 1.807) is 12.5 Å². The molecule has 0 aromatic carbocycles. The van der Waals surface area contributed by atoms with Crippen LogP contribution in [-0.2, 0) is 25.6 Å². The van der Waals surface area contributed by atoms with Gasteiger partial charge >= 0.3 is 6.09 Å². The molecule has 23 heavy (non-hydrogen) atoms. The third-order valence-corrected chi connectivity index (χ3v) is 4.15. The Morgan fingerprint density at radius 3 is 2.91 bits per heavy atom. The molecule has 0 aliphatic carbocycles. The van der Waals surface area contributed by atoms with Crippen LogP contribution in [0.4, 0.5) is 4.79 Å². The maximum Gasteiger partial charge on any atom is 0.410 e. The van der Waals surface area contributed by atoms with Crippen molar-refractivity contribution in [2.45, 2.75) is 31.5 Å². The summed E-state index contributed by atoms with van der Waals surface area (Å²) in [6.45, 7) is 4.47. The summed E-state index contributed by atoms with van der Waals surface area (Å²) in [6.07, 6.45) is 7.77. The zero-order chi connectivity index (χ0) is 16.9. The van der Waals surface area contributed by atoms with Gasteiger partial charge in [0.1, 0.15) is 6.61 Å². The van der Waals surface area contributed by atoms with Crippen LogP contribution in [0.2, 0.25) is 0 Å². The quantitative estimate of drug-likeness (QED) is 0.542. The smallest absolute Gasteiger partial charge is 0.410 e. The van der Waals surface area contributed by atoms with Crippen LogP contribution in [-0.4, -0.2) is 60.5 Å². The maximum absolute atomic E-state index is 12.1. The predicted octanol–water partition coefficient (Wildman–Crippen LogP) is 1.01. The lowest BCUT2D eigenvalue weighted by Gasteiger charge is -2.23. The van der Waals surface area contributed by atoms with E-state index in [-0.39, 0.29) is 19.2 Å². The summed E-state index contributed by atoms with van der Waals surface area (Å²) in [4.78, 5) is 17.6. The Bertz CT molecular complexity index is 629. The third kappa shape index (κ3) is 5.36. The number of ether oxygens (including phenoxy) is 1. The molecule has 0 saturated carbocycles. The standard InChI is InChI=1S/C14H21N3O5S/c1-3-8-21-14(18)17-10-13(22-23(2,19)20)9-12(17)4-6-16-7-5-15-11-16/h3,5,7,11-13H,1,4,6,8-10H2,2H3. The number of imidazole rings is 1. The molecule has 2 heterocycles. The van der Waals surface area contributed by atoms with E-state index in [1.807, 2.05) is 10.8 Å². The van der Waals surface area contributed by atoms with Gasteiger partial charge in [0.15, 0.2) is 0 Å². The number of aryl methyl sites for hydroxylation is 1. The van der Waals surface area contributed by atoms with Crippen LogP contribution in [0.1, 0.15) is 12.8 Å². The van der Waals surface area contributed by atoms with Crippen LogP contribution in [0, 0.1) is 0 Å². The topological polar surface area (TPSA) is 90.7 Å². The zero-order valence-electron chi connectivity index (χ0n) is 13.0. The number of likely N-dealkylation sites (tertiary alicyclic amines) is 1. The van der Waals surface area contributed by atoms with Crippen LogP contribution >= 0.6 is 0 Å². The molecule has 1 saturated heterocycles. The first-order chi connectivity index (χ1) is 10.9. The maximum atomic E-state index is 12.1. The number of carbonyl (C=O) groups is 1. The first-order valence-electron chi connectivity index (χ1n) is 7.27. The molecule has 1 aromatic heterocycles. The lowest BCUT2D eigenvalue weighted by atomic mass is 10.1. The van der Waals surface area contributed by atoms with Crippen molar-refractivity contribution >= 4 is 16.2 Å². The highest BCUT2D eigenvalue weighted by molar-refractivity contribution is 7.86. The van der Waals surface area contributed by atoms with Crippen LogP contribution in [0.3, 0.4) is 0 Å². The minimum atomic E-state index is -3.57. The molecule has 128 valence electrons. The van der Waals surface area contributed by atoms with Crippen molar-refractivity contribution in [2.24, 2.45) is 0 Å². The van der Waals surface area contributed by atoms with E-state index >= 15 is 0 Å². The van der Waals surface area contributed by atoms with Gasteiger partial charge in [-0.2, -0.15) is 8.42 Å². The summed E-state index contributed by atoms with van der Waals surface area (Å²) in [5.41, 5.74) is 0. The summed E-state index contributed by atoms with van der Waals surface area (Å²) in [5.74, 6) is 0. The molecule has 1 amide bonds. The number of hydrogen-bond acceptors (Lipinski definition) is 6. The highest BCUT2D eigenvalue weighted by Gasteiger charge is 2.38. The van der Waals surface area contributed by atoms with Crippen molar-refractivity contribution in [1.29, 1.82) is 0 Å². The molecule has 1 fully saturated rings. The first kappa shape index (κ1) is 17.5. The number of aromatic nitrogens is 2. The molecule has 2 rings (SSSR count). The summed E-state index contributed by atoms with van der Waals surface area (Å²) in [5, 5.41) is 0. The Labute approximate surface area is 135 Å². The lowest BCUT2D eigenvalue weighted by Crippen LogP contribution is -2.37. The van der Waals surface area contributed by atoms with Gasteiger partial charge in [-0.25, -0.2) is 9.78 Å². The second kappa shape index (κ2) is 7.60. The van der Waals surface area contributed by atoms with Gasteiger partial charge in [-0.3, -0.25) is 4.18 Å². The average Bonchev–Trinajstić information content (AvgIpc) is 3.10. The van der Waals surface area contributed by atoms with Crippen molar-refractivity contribution in [3.63, 3.8) is 0 Å². The van der Waals surface area contributed by atoms with Gasteiger partial charge < -0.3 is 14.2 Å². The second-order valence-electron chi connectivity index (χ2n) is 5.42. The molecule has 0 bridgehead atoms. The molecular formula is C14H21N3O5S. The van der Waals surface area contributed by atoms with Gasteiger partial charge in [0, 0.05) is 25.0 Å². The van der Waals surface area contributed by atoms with E-state index in [9.17, 15) is 13.2 Å². The molecular weight excluding hydrogens is 322 g/mol. The lowest BCUT2D eigenvalue weighted by molar-refractivity contribution is 0.102. The molecule has 1 aliphatic rings. The van der Waals surface area contributed by atoms with E-state index in [4.69, 9.17) is 8.92 Å². The third-order valence-electron chi connectivity index (χ3n) is 3.53. The summed E-state index contributed by atoms with van der Waals surface area (Å²) >= 11 is 0. The first-order valence-corrected chi connectivity index (χ1v) is 9.09. The van der Waals surface area contributed by atoms with Gasteiger partial charge in [-0.1, -0.05) is 12.7 Å². The van der Waals surface area contributed by atoms with E-state index in [0.717, 1.165) is 6.26 Å². The van der Waals surface area contributed by atoms with Gasteiger partial charge in [0.25, 0.3) is 10.1 Å². The number of nitrogens with zero attached hydrogens (tertiary/aromatic N) is 3. The van der Waals surface area contributed by atoms with Crippen molar-refractivity contribution in [1.82, 2.24) is 14.5 Å². The van der Waals surface area contributed by atoms with Crippen molar-refractivity contribution in [2.75, 3.05) is 19.4 Å². The number of carbonyl (C=O) groups excluding carboxylic acids is 1. The van der Waals surface area contributed by atoms with E-state index in [1.165, 1.54) is 11.0 Å². The van der Waals surface area contributed by atoms with Gasteiger partial charge in [-0.15, -0.1) is 0 Å². The van der Waals surface area contributed by atoms with Crippen molar-refractivity contribution < 1.29 is 22.1 Å². The molecule has 1 aromatic rings. The van der Waals surface area contributed by atoms with Gasteiger partial charge in [-0.05, 0) is 12.8 Å². The molecule has 9 heteroatoms. The molecule has 0 N–H and O–H groups in total. The second-order valence-corrected chi connectivity index (χ2v) is 7.02. The molecule has 2 atom stereocenters. The van der Waals surface area contributed by atoms with Crippen LogP contribution < -0.4 is 0 Å². The highest BCUT2D eigenvalue weighted by atomic mass is 32.2. The number of amides is 1. The van der Waals surface area contributed by atoms with Crippen LogP contribution in [0.25, 0.3) is 0 Å². The summed E-state index contributed by atoms with van der Waals surface area (Å²) in [7, 11) is -3.57. The van der Waals surface area contributed by atoms with Crippen molar-refractivity contribution in [3.8, 4) is 0 Å². The highest BCUT2D eigenvalue weighted by Crippen LogP contribution is 2.25. The Hall–Kier alpha value is -1.87. The Kier molecular flexibility index (Phi) is 5.78. The SMILES string of the molecule is C=CCOC(=O)N1CC(OS(C)(=O)=O)CC1CCn1ccnc1. The molecule has 0 spiro atoms. The molecule has 8 nitrogen and oxygen atoms in total. The fraction of sp³-hybridized carbons (Fsp3) is 0.571. The zero-order valence-corrected chi connectivity index (χ0v) is 13.8. The molecule has 2 unspecified atom stereocenters. The molecule has 0 radical (unpaired) electrons. The Morgan fingerprint density at radius 1 is 1.52 bits per heavy atom. The fourth-order valence-electron chi connectivity index (χ4n) is 2.62. The largest absolute Gasteiger partial charge is 0.445 e. The number of hydrogen-bond donors (Lipinski definition) is 0. The number of rotatable bonds is 7. The fourth-order valence-corrected chi connectivity index (χ4v) is 3.25. The van der Waals surface area contributed by atoms with E-state index in [0.29, 0.717) is 19.4 Å². The summed E-state index contributed by atoms with van der Waals surface area (Å²) in [6, 6.07) is -0.151. The van der Waals surface area contributed by atoms with E-state index in [2.05, 4.69) is 11.6 Å².